The molecule has 1 heterocycles. The number of rotatable bonds is 3. The van der Waals surface area contributed by atoms with Gasteiger partial charge in [-0.25, -0.2) is 9.59 Å². The molecule has 1 aromatic heterocycles. The lowest BCUT2D eigenvalue weighted by atomic mass is 10.2. The van der Waals surface area contributed by atoms with Crippen LogP contribution in [0.15, 0.2) is 21.3 Å². The lowest BCUT2D eigenvalue weighted by Gasteiger charge is -2.04. The number of carbonyl (C=O) groups excluding carboxylic acids is 1. The molecule has 0 bridgehead atoms. The summed E-state index contributed by atoms with van der Waals surface area (Å²) in [5.74, 6) is -0.685. The van der Waals surface area contributed by atoms with Crippen molar-refractivity contribution in [2.75, 3.05) is 6.61 Å². The van der Waals surface area contributed by atoms with Crippen molar-refractivity contribution in [3.63, 3.8) is 0 Å². The molecule has 1 unspecified atom stereocenters. The van der Waals surface area contributed by atoms with Crippen molar-refractivity contribution in [1.29, 1.82) is 0 Å². The van der Waals surface area contributed by atoms with Crippen LogP contribution in [0.25, 0.3) is 0 Å². The molecule has 0 saturated carbocycles. The maximum absolute atomic E-state index is 11.3. The fraction of sp³-hybridized carbons (Fsp3) is 0.400. The predicted octanol–water partition coefficient (Wildman–Crippen LogP) is 2.27. The second-order valence-electron chi connectivity index (χ2n) is 2.91. The highest BCUT2D eigenvalue weighted by Gasteiger charge is 2.13. The minimum Gasteiger partial charge on any atom is -0.460 e. The third-order valence-corrected chi connectivity index (χ3v) is 2.26. The first kappa shape index (κ1) is 12.0. The van der Waals surface area contributed by atoms with Crippen molar-refractivity contribution < 1.29 is 13.9 Å². The SMILES string of the molecule is CCOC(=O)c1cc(C(C)Br)cc(=O)o1. The van der Waals surface area contributed by atoms with Crippen LogP contribution in [-0.2, 0) is 4.74 Å². The average Bonchev–Trinajstić information content (AvgIpc) is 2.17. The number of esters is 1. The summed E-state index contributed by atoms with van der Waals surface area (Å²) in [6.07, 6.45) is 0. The highest BCUT2D eigenvalue weighted by Crippen LogP contribution is 2.20. The van der Waals surface area contributed by atoms with E-state index in [-0.39, 0.29) is 17.2 Å². The van der Waals surface area contributed by atoms with E-state index in [1.165, 1.54) is 12.1 Å². The number of alkyl halides is 1. The molecule has 0 fully saturated rings. The summed E-state index contributed by atoms with van der Waals surface area (Å²) < 4.78 is 9.46. The minimum atomic E-state index is -0.621. The Morgan fingerprint density at radius 1 is 1.60 bits per heavy atom. The Hall–Kier alpha value is -1.10. The molecular formula is C10H11BrO4. The van der Waals surface area contributed by atoms with Crippen LogP contribution in [0.4, 0.5) is 0 Å². The zero-order chi connectivity index (χ0) is 11.4. The van der Waals surface area contributed by atoms with E-state index in [0.717, 1.165) is 0 Å². The van der Waals surface area contributed by atoms with E-state index in [9.17, 15) is 9.59 Å². The molecule has 0 radical (unpaired) electrons. The van der Waals surface area contributed by atoms with Crippen molar-refractivity contribution in [2.24, 2.45) is 0 Å². The first-order valence-corrected chi connectivity index (χ1v) is 5.42. The van der Waals surface area contributed by atoms with Crippen LogP contribution in [-0.4, -0.2) is 12.6 Å². The van der Waals surface area contributed by atoms with Crippen LogP contribution in [0.2, 0.25) is 0 Å². The topological polar surface area (TPSA) is 56.5 Å². The molecular weight excluding hydrogens is 264 g/mol. The molecule has 1 aromatic rings. The van der Waals surface area contributed by atoms with Gasteiger partial charge in [-0.15, -0.1) is 0 Å². The molecule has 0 N–H and O–H groups in total. The van der Waals surface area contributed by atoms with Crippen LogP contribution >= 0.6 is 15.9 Å². The molecule has 0 aromatic carbocycles. The molecule has 4 nitrogen and oxygen atoms in total. The zero-order valence-corrected chi connectivity index (χ0v) is 10.0. The van der Waals surface area contributed by atoms with Crippen molar-refractivity contribution in [1.82, 2.24) is 0 Å². The number of hydrogen-bond donors (Lipinski definition) is 0. The standard InChI is InChI=1S/C10H11BrO4/c1-3-14-10(13)8-4-7(6(2)11)5-9(12)15-8/h4-6H,3H2,1-2H3. The van der Waals surface area contributed by atoms with Gasteiger partial charge in [0.25, 0.3) is 0 Å². The molecule has 0 aliphatic heterocycles. The summed E-state index contributed by atoms with van der Waals surface area (Å²) in [5, 5.41) is 0. The van der Waals surface area contributed by atoms with E-state index in [1.807, 2.05) is 6.92 Å². The van der Waals surface area contributed by atoms with Gasteiger partial charge >= 0.3 is 11.6 Å². The molecule has 0 aliphatic rings. The van der Waals surface area contributed by atoms with Gasteiger partial charge < -0.3 is 9.15 Å². The Morgan fingerprint density at radius 2 is 2.27 bits per heavy atom. The van der Waals surface area contributed by atoms with Gasteiger partial charge in [-0.3, -0.25) is 0 Å². The summed E-state index contributed by atoms with van der Waals surface area (Å²) in [6, 6.07) is 2.83. The largest absolute Gasteiger partial charge is 0.460 e. The molecule has 82 valence electrons. The minimum absolute atomic E-state index is 0.0187. The second kappa shape index (κ2) is 5.11. The van der Waals surface area contributed by atoms with E-state index < -0.39 is 11.6 Å². The summed E-state index contributed by atoms with van der Waals surface area (Å²) in [4.78, 5) is 22.4. The number of ether oxygens (including phenoxy) is 1. The molecule has 1 rings (SSSR count). The third-order valence-electron chi connectivity index (χ3n) is 1.73. The number of halogens is 1. The Kier molecular flexibility index (Phi) is 4.08. The van der Waals surface area contributed by atoms with Crippen LogP contribution in [0, 0.1) is 0 Å². The molecule has 5 heteroatoms. The number of hydrogen-bond acceptors (Lipinski definition) is 4. The van der Waals surface area contributed by atoms with Gasteiger partial charge in [0.1, 0.15) is 0 Å². The maximum atomic E-state index is 11.3. The molecule has 1 atom stereocenters. The second-order valence-corrected chi connectivity index (χ2v) is 4.28. The zero-order valence-electron chi connectivity index (χ0n) is 8.45. The van der Waals surface area contributed by atoms with Crippen molar-refractivity contribution in [2.45, 2.75) is 18.7 Å². The highest BCUT2D eigenvalue weighted by atomic mass is 79.9. The van der Waals surface area contributed by atoms with E-state index in [2.05, 4.69) is 15.9 Å². The predicted molar refractivity (Wildman–Crippen MR) is 58.3 cm³/mol. The van der Waals surface area contributed by atoms with Gasteiger partial charge in [0.2, 0.25) is 5.76 Å². The molecule has 0 amide bonds. The van der Waals surface area contributed by atoms with Crippen LogP contribution in [0.5, 0.6) is 0 Å². The maximum Gasteiger partial charge on any atom is 0.374 e. The fourth-order valence-electron chi connectivity index (χ4n) is 1.03. The number of carbonyl (C=O) groups is 1. The molecule has 15 heavy (non-hydrogen) atoms. The van der Waals surface area contributed by atoms with Gasteiger partial charge in [0.05, 0.1) is 6.61 Å². The van der Waals surface area contributed by atoms with Gasteiger partial charge in [0.15, 0.2) is 0 Å². The first-order valence-electron chi connectivity index (χ1n) is 4.51. The normalized spacial score (nSPS) is 12.2. The van der Waals surface area contributed by atoms with Gasteiger partial charge in [0, 0.05) is 10.9 Å². The molecule has 0 aliphatic carbocycles. The third kappa shape index (κ3) is 3.20. The Balaban J connectivity index is 3.09. The van der Waals surface area contributed by atoms with Crippen molar-refractivity contribution in [3.8, 4) is 0 Å². The smallest absolute Gasteiger partial charge is 0.374 e. The lowest BCUT2D eigenvalue weighted by Crippen LogP contribution is -2.10. The van der Waals surface area contributed by atoms with Gasteiger partial charge in [-0.05, 0) is 25.5 Å². The summed E-state index contributed by atoms with van der Waals surface area (Å²) in [5.41, 5.74) is 0.135. The van der Waals surface area contributed by atoms with E-state index >= 15 is 0 Å². The average molecular weight is 275 g/mol. The quantitative estimate of drug-likeness (QED) is 0.627. The van der Waals surface area contributed by atoms with Crippen LogP contribution < -0.4 is 5.63 Å². The van der Waals surface area contributed by atoms with Crippen LogP contribution in [0.3, 0.4) is 0 Å². The Morgan fingerprint density at radius 3 is 2.80 bits per heavy atom. The summed E-state index contributed by atoms with van der Waals surface area (Å²) >= 11 is 3.31. The van der Waals surface area contributed by atoms with Crippen molar-refractivity contribution >= 4 is 21.9 Å². The molecule has 0 spiro atoms. The lowest BCUT2D eigenvalue weighted by molar-refractivity contribution is 0.0484. The van der Waals surface area contributed by atoms with Crippen molar-refractivity contribution in [3.05, 3.63) is 33.9 Å². The van der Waals surface area contributed by atoms with E-state index in [1.54, 1.807) is 6.92 Å². The van der Waals surface area contributed by atoms with E-state index in [0.29, 0.717) is 5.56 Å². The van der Waals surface area contributed by atoms with Crippen LogP contribution in [0.1, 0.15) is 34.8 Å². The van der Waals surface area contributed by atoms with Gasteiger partial charge in [-0.1, -0.05) is 15.9 Å². The summed E-state index contributed by atoms with van der Waals surface area (Å²) in [6.45, 7) is 3.79. The Labute approximate surface area is 95.4 Å². The monoisotopic (exact) mass is 274 g/mol. The molecule has 0 saturated heterocycles. The van der Waals surface area contributed by atoms with E-state index in [4.69, 9.17) is 9.15 Å². The fourth-order valence-corrected chi connectivity index (χ4v) is 1.29. The highest BCUT2D eigenvalue weighted by molar-refractivity contribution is 9.09. The first-order chi connectivity index (χ1) is 7.04. The Bertz CT molecular complexity index is 408. The van der Waals surface area contributed by atoms with Gasteiger partial charge in [-0.2, -0.15) is 0 Å². The summed E-state index contributed by atoms with van der Waals surface area (Å²) in [7, 11) is 0.